The molecular weight excluding hydrogens is 573 g/mol. The second kappa shape index (κ2) is 10.1. The first-order chi connectivity index (χ1) is 23.3. The van der Waals surface area contributed by atoms with Crippen molar-refractivity contribution in [1.29, 1.82) is 0 Å². The van der Waals surface area contributed by atoms with Gasteiger partial charge in [0.25, 0.3) is 0 Å². The molecule has 7 aromatic carbocycles. The maximum Gasteiger partial charge on any atom is 0.164 e. The molecule has 0 atom stereocenters. The van der Waals surface area contributed by atoms with E-state index in [0.717, 1.165) is 55.4 Å². The van der Waals surface area contributed by atoms with Crippen LogP contribution >= 0.6 is 0 Å². The van der Waals surface area contributed by atoms with Gasteiger partial charge in [-0.1, -0.05) is 121 Å². The van der Waals surface area contributed by atoms with Crippen molar-refractivity contribution >= 4 is 32.6 Å². The zero-order valence-electron chi connectivity index (χ0n) is 25.3. The van der Waals surface area contributed by atoms with E-state index in [4.69, 9.17) is 15.0 Å². The summed E-state index contributed by atoms with van der Waals surface area (Å²) in [5.74, 6) is 1.95. The van der Waals surface area contributed by atoms with Crippen molar-refractivity contribution in [2.24, 2.45) is 0 Å². The largest absolute Gasteiger partial charge is 0.309 e. The number of hydrogen-bond acceptors (Lipinski definition) is 3. The van der Waals surface area contributed by atoms with Crippen LogP contribution in [0.4, 0.5) is 0 Å². The van der Waals surface area contributed by atoms with E-state index in [0.29, 0.717) is 17.5 Å². The van der Waals surface area contributed by atoms with Crippen LogP contribution in [0.1, 0.15) is 0 Å². The Balaban J connectivity index is 1.30. The maximum atomic E-state index is 5.12. The van der Waals surface area contributed by atoms with Gasteiger partial charge in [0.2, 0.25) is 0 Å². The van der Waals surface area contributed by atoms with Gasteiger partial charge in [-0.05, 0) is 69.4 Å². The SMILES string of the molecule is c1cc2cc(c1)-c1nc(nc(-c3cccc4ccccc34)n1)-c1cccc(c1)-c1ccc3c4ccccc4n(c3c1)-c1cccc-2c1. The lowest BCUT2D eigenvalue weighted by Crippen LogP contribution is -2.01. The van der Waals surface area contributed by atoms with Crippen LogP contribution in [0.2, 0.25) is 0 Å². The lowest BCUT2D eigenvalue weighted by molar-refractivity contribution is 1.08. The smallest absolute Gasteiger partial charge is 0.164 e. The number of fused-ring (bicyclic) bond motifs is 18. The van der Waals surface area contributed by atoms with E-state index >= 15 is 0 Å². The van der Waals surface area contributed by atoms with Crippen molar-refractivity contribution in [1.82, 2.24) is 19.5 Å². The monoisotopic (exact) mass is 598 g/mol. The molecule has 0 radical (unpaired) electrons. The van der Waals surface area contributed by atoms with Crippen molar-refractivity contribution in [3.8, 4) is 62.1 Å². The summed E-state index contributed by atoms with van der Waals surface area (Å²) in [6.07, 6.45) is 0. The van der Waals surface area contributed by atoms with Gasteiger partial charge in [-0.2, -0.15) is 0 Å². The number of benzene rings is 7. The third kappa shape index (κ3) is 4.12. The fourth-order valence-corrected chi connectivity index (χ4v) is 7.10. The normalized spacial score (nSPS) is 11.8. The molecule has 218 valence electrons. The summed E-state index contributed by atoms with van der Waals surface area (Å²) in [6, 6.07) is 56.0. The van der Waals surface area contributed by atoms with E-state index in [2.05, 4.69) is 162 Å². The molecule has 4 heteroatoms. The van der Waals surface area contributed by atoms with Gasteiger partial charge in [-0.3, -0.25) is 0 Å². The quantitative estimate of drug-likeness (QED) is 0.189. The standard InChI is InChI=1S/C43H26N4/c1-2-17-35-27(9-1)10-8-19-38(35)43-45-41-32-14-5-11-28(23-32)30-13-7-16-34(25-30)47-39-20-4-3-18-36(39)37-22-21-31(26-40(37)47)29-12-6-15-33(24-29)42(44-41)46-43/h1-26H. The predicted octanol–water partition coefficient (Wildman–Crippen LogP) is 10.8. The molecule has 0 saturated heterocycles. The minimum absolute atomic E-state index is 0.647. The molecule has 0 saturated carbocycles. The van der Waals surface area contributed by atoms with E-state index < -0.39 is 0 Å². The summed E-state index contributed by atoms with van der Waals surface area (Å²) in [6.45, 7) is 0. The Labute approximate surface area is 271 Å². The third-order valence-electron chi connectivity index (χ3n) is 9.35. The third-order valence-corrected chi connectivity index (χ3v) is 9.35. The van der Waals surface area contributed by atoms with E-state index in [1.807, 2.05) is 0 Å². The van der Waals surface area contributed by atoms with Crippen LogP contribution in [0, 0.1) is 0 Å². The van der Waals surface area contributed by atoms with Crippen LogP contribution in [-0.4, -0.2) is 19.5 Å². The molecule has 1 aliphatic rings. The minimum Gasteiger partial charge on any atom is -0.309 e. The van der Waals surface area contributed by atoms with E-state index in [9.17, 15) is 0 Å². The molecule has 0 amide bonds. The molecule has 3 heterocycles. The molecular formula is C43H26N4. The molecule has 10 rings (SSSR count). The summed E-state index contributed by atoms with van der Waals surface area (Å²) in [7, 11) is 0. The molecule has 9 aromatic rings. The fraction of sp³-hybridized carbons (Fsp3) is 0. The maximum absolute atomic E-state index is 5.12. The Hall–Kier alpha value is -6.39. The number of para-hydroxylation sites is 1. The topological polar surface area (TPSA) is 43.6 Å². The highest BCUT2D eigenvalue weighted by Gasteiger charge is 2.18. The fourth-order valence-electron chi connectivity index (χ4n) is 7.10. The second-order valence-electron chi connectivity index (χ2n) is 12.1. The van der Waals surface area contributed by atoms with E-state index in [-0.39, 0.29) is 0 Å². The van der Waals surface area contributed by atoms with Crippen molar-refractivity contribution < 1.29 is 0 Å². The van der Waals surface area contributed by atoms with Gasteiger partial charge in [-0.25, -0.2) is 15.0 Å². The lowest BCUT2D eigenvalue weighted by atomic mass is 10.00. The number of rotatable bonds is 1. The molecule has 0 N–H and O–H groups in total. The predicted molar refractivity (Wildman–Crippen MR) is 192 cm³/mol. The Morgan fingerprint density at radius 1 is 0.340 bits per heavy atom. The van der Waals surface area contributed by atoms with Crippen LogP contribution in [0.5, 0.6) is 0 Å². The highest BCUT2D eigenvalue weighted by Crippen LogP contribution is 2.38. The van der Waals surface area contributed by atoms with Gasteiger partial charge in [0.15, 0.2) is 17.5 Å². The Morgan fingerprint density at radius 3 is 1.68 bits per heavy atom. The summed E-state index contributed by atoms with van der Waals surface area (Å²) in [5.41, 5.74) is 10.8. The molecule has 0 aliphatic carbocycles. The first-order valence-electron chi connectivity index (χ1n) is 15.9. The average Bonchev–Trinajstić information content (AvgIpc) is 3.48. The number of aromatic nitrogens is 4. The van der Waals surface area contributed by atoms with Crippen LogP contribution in [0.3, 0.4) is 0 Å². The van der Waals surface area contributed by atoms with Crippen molar-refractivity contribution in [2.75, 3.05) is 0 Å². The van der Waals surface area contributed by atoms with E-state index in [1.54, 1.807) is 0 Å². The Kier molecular flexibility index (Phi) is 5.54. The van der Waals surface area contributed by atoms with Crippen LogP contribution in [0.25, 0.3) is 94.7 Å². The molecule has 0 spiro atoms. The molecule has 47 heavy (non-hydrogen) atoms. The van der Waals surface area contributed by atoms with Gasteiger partial charge in [0.05, 0.1) is 11.0 Å². The lowest BCUT2D eigenvalue weighted by Gasteiger charge is -2.14. The second-order valence-corrected chi connectivity index (χ2v) is 12.1. The van der Waals surface area contributed by atoms with Gasteiger partial charge >= 0.3 is 0 Å². The summed E-state index contributed by atoms with van der Waals surface area (Å²) >= 11 is 0. The molecule has 2 aromatic heterocycles. The molecule has 0 unspecified atom stereocenters. The average molecular weight is 599 g/mol. The van der Waals surface area contributed by atoms with Gasteiger partial charge < -0.3 is 4.57 Å². The molecule has 4 nitrogen and oxygen atoms in total. The van der Waals surface area contributed by atoms with E-state index in [1.165, 1.54) is 21.8 Å². The first-order valence-corrected chi connectivity index (χ1v) is 15.9. The Bertz CT molecular complexity index is 2700. The molecule has 1 aliphatic heterocycles. The first kappa shape index (κ1) is 25.9. The number of hydrogen-bond donors (Lipinski definition) is 0. The van der Waals surface area contributed by atoms with Crippen molar-refractivity contribution in [3.63, 3.8) is 0 Å². The van der Waals surface area contributed by atoms with Crippen molar-refractivity contribution in [3.05, 3.63) is 158 Å². The van der Waals surface area contributed by atoms with Gasteiger partial charge in [-0.15, -0.1) is 0 Å². The van der Waals surface area contributed by atoms with Crippen LogP contribution in [-0.2, 0) is 0 Å². The zero-order chi connectivity index (χ0) is 30.9. The van der Waals surface area contributed by atoms with Crippen LogP contribution < -0.4 is 0 Å². The summed E-state index contributed by atoms with van der Waals surface area (Å²) < 4.78 is 2.39. The molecule has 0 fully saturated rings. The summed E-state index contributed by atoms with van der Waals surface area (Å²) in [5, 5.41) is 4.74. The van der Waals surface area contributed by atoms with Gasteiger partial charge in [0, 0.05) is 33.2 Å². The minimum atomic E-state index is 0.647. The number of nitrogens with zero attached hydrogens (tertiary/aromatic N) is 4. The van der Waals surface area contributed by atoms with Crippen LogP contribution in [0.15, 0.2) is 158 Å². The Morgan fingerprint density at radius 2 is 0.894 bits per heavy atom. The van der Waals surface area contributed by atoms with Gasteiger partial charge in [0.1, 0.15) is 0 Å². The summed E-state index contributed by atoms with van der Waals surface area (Å²) in [4.78, 5) is 15.4. The molecule has 10 bridgehead atoms. The zero-order valence-corrected chi connectivity index (χ0v) is 25.3. The van der Waals surface area contributed by atoms with Crippen molar-refractivity contribution in [2.45, 2.75) is 0 Å². The highest BCUT2D eigenvalue weighted by atomic mass is 15.0. The highest BCUT2D eigenvalue weighted by molar-refractivity contribution is 6.10.